The Morgan fingerprint density at radius 3 is 1.28 bits per heavy atom. The highest BCUT2D eigenvalue weighted by molar-refractivity contribution is 6.28. The molecule has 92 heavy (non-hydrogen) atoms. The first kappa shape index (κ1) is 53.1. The monoisotopic (exact) mass is 1170 g/mol. The minimum atomic E-state index is -0.715. The van der Waals surface area contributed by atoms with Gasteiger partial charge in [0.1, 0.15) is 0 Å². The fourth-order valence-corrected chi connectivity index (χ4v) is 16.4. The van der Waals surface area contributed by atoms with Crippen molar-refractivity contribution in [3.05, 3.63) is 313 Å². The van der Waals surface area contributed by atoms with E-state index in [1.807, 2.05) is 12.1 Å². The lowest BCUT2D eigenvalue weighted by molar-refractivity contribution is 0.394. The van der Waals surface area contributed by atoms with E-state index < -0.39 is 5.41 Å². The number of aromatic nitrogens is 4. The largest absolute Gasteiger partial charge is 0.309 e. The van der Waals surface area contributed by atoms with Crippen molar-refractivity contribution in [2.24, 2.45) is 0 Å². The molecule has 0 fully saturated rings. The maximum atomic E-state index is 11.1. The van der Waals surface area contributed by atoms with Crippen molar-refractivity contribution >= 4 is 87.2 Å². The minimum absolute atomic E-state index is 0.0487. The van der Waals surface area contributed by atoms with Crippen LogP contribution in [0.2, 0.25) is 0 Å². The van der Waals surface area contributed by atoms with Crippen LogP contribution in [-0.4, -0.2) is 18.3 Å². The van der Waals surface area contributed by atoms with Gasteiger partial charge in [0.25, 0.3) is 0 Å². The predicted molar refractivity (Wildman–Crippen MR) is 380 cm³/mol. The van der Waals surface area contributed by atoms with Gasteiger partial charge >= 0.3 is 0 Å². The molecule has 0 amide bonds. The normalized spacial score (nSPS) is 13.3. The third kappa shape index (κ3) is 7.71. The highest BCUT2D eigenvalue weighted by atomic mass is 15.0. The molecule has 1 atom stereocenters. The lowest BCUT2D eigenvalue weighted by Gasteiger charge is -2.40. The summed E-state index contributed by atoms with van der Waals surface area (Å²) in [6.45, 7) is 4.97. The van der Waals surface area contributed by atoms with E-state index in [1.165, 1.54) is 22.3 Å². The maximum Gasteiger partial charge on any atom is 0.0991 e. The molecule has 1 unspecified atom stereocenters. The second-order valence-electron chi connectivity index (χ2n) is 25.3. The van der Waals surface area contributed by atoms with E-state index in [1.54, 1.807) is 0 Å². The molecule has 0 bridgehead atoms. The molecule has 0 aliphatic heterocycles. The molecule has 0 saturated heterocycles. The first-order valence-electron chi connectivity index (χ1n) is 31.8. The third-order valence-corrected chi connectivity index (χ3v) is 20.2. The number of para-hydroxylation sites is 6. The summed E-state index contributed by atoms with van der Waals surface area (Å²) in [6, 6.07) is 109. The summed E-state index contributed by atoms with van der Waals surface area (Å²) in [5.74, 6) is -0.0487. The molecule has 0 saturated carbocycles. The summed E-state index contributed by atoms with van der Waals surface area (Å²) in [5.41, 5.74) is 23.4. The molecule has 13 aromatic carbocycles. The molecule has 0 spiro atoms. The number of benzene rings is 13. The van der Waals surface area contributed by atoms with Gasteiger partial charge in [-0.05, 0) is 154 Å². The molecule has 4 aromatic heterocycles. The Morgan fingerprint density at radius 2 is 0.783 bits per heavy atom. The lowest BCUT2D eigenvalue weighted by Crippen LogP contribution is -2.30. The molecule has 0 radical (unpaired) electrons. The van der Waals surface area contributed by atoms with Crippen LogP contribution in [0.3, 0.4) is 0 Å². The van der Waals surface area contributed by atoms with E-state index in [2.05, 4.69) is 317 Å². The second kappa shape index (κ2) is 20.6. The Balaban J connectivity index is 1.11. The molecular formula is C86H58N6. The smallest absolute Gasteiger partial charge is 0.0991 e. The van der Waals surface area contributed by atoms with E-state index in [4.69, 9.17) is 0 Å². The van der Waals surface area contributed by atoms with Crippen molar-refractivity contribution in [3.63, 3.8) is 0 Å². The molecule has 432 valence electrons. The van der Waals surface area contributed by atoms with Gasteiger partial charge in [-0.25, -0.2) is 0 Å². The molecule has 1 aliphatic carbocycles. The summed E-state index contributed by atoms with van der Waals surface area (Å²) < 4.78 is 10.0. The van der Waals surface area contributed by atoms with E-state index in [9.17, 15) is 10.5 Å². The summed E-state index contributed by atoms with van der Waals surface area (Å²) in [7, 11) is 0. The van der Waals surface area contributed by atoms with Crippen LogP contribution >= 0.6 is 0 Å². The van der Waals surface area contributed by atoms with Crippen LogP contribution in [0.1, 0.15) is 54.0 Å². The van der Waals surface area contributed by atoms with Crippen LogP contribution in [0, 0.1) is 22.7 Å². The van der Waals surface area contributed by atoms with Crippen LogP contribution in [0.25, 0.3) is 143 Å². The molecule has 4 heterocycles. The third-order valence-electron chi connectivity index (χ3n) is 20.2. The Kier molecular flexibility index (Phi) is 11.9. The van der Waals surface area contributed by atoms with E-state index in [0.29, 0.717) is 11.1 Å². The average Bonchev–Trinajstić information content (AvgIpc) is 1.44. The number of hydrogen-bond donors (Lipinski definition) is 0. The van der Waals surface area contributed by atoms with Crippen molar-refractivity contribution in [1.82, 2.24) is 18.3 Å². The summed E-state index contributed by atoms with van der Waals surface area (Å²) in [4.78, 5) is 0. The topological polar surface area (TPSA) is 67.3 Å². The van der Waals surface area contributed by atoms with Crippen molar-refractivity contribution in [1.29, 1.82) is 10.5 Å². The number of aryl methyl sites for hydroxylation is 1. The number of hydrogen-bond acceptors (Lipinski definition) is 2. The molecular weight excluding hydrogens is 1120 g/mol. The standard InChI is InChI=1S/C86H58N6/c1-86(2,70-46-43-56-25-9-10-32-61(56)62-33-11-12-34-63(62)70)83-79(57-26-21-23-54(49-57)52-87)77(91-71-39-17-13-35-64(71)66-44-47-75-81(84(66)91)68-37-15-19-41-73(68)89(75)59-28-5-3-6-29-59)51-78(80(83)58-27-22-24-55(50-58)53-88)92-72-40-18-14-36-65(72)67-45-48-76-82(85(67)92)69-38-16-20-42-74(69)90(76)60-30-7-4-8-31-60/h3-42,44-45,47-51,70H,43,46H2,1-2H3. The van der Waals surface area contributed by atoms with Gasteiger partial charge in [0.2, 0.25) is 0 Å². The zero-order valence-electron chi connectivity index (χ0n) is 50.8. The summed E-state index contributed by atoms with van der Waals surface area (Å²) in [5, 5.41) is 31.4. The highest BCUT2D eigenvalue weighted by Crippen LogP contribution is 2.57. The van der Waals surface area contributed by atoms with E-state index in [0.717, 1.165) is 151 Å². The lowest BCUT2D eigenvalue weighted by atomic mass is 9.64. The van der Waals surface area contributed by atoms with Gasteiger partial charge in [-0.1, -0.05) is 208 Å². The van der Waals surface area contributed by atoms with Gasteiger partial charge in [-0.15, -0.1) is 0 Å². The number of nitriles is 2. The van der Waals surface area contributed by atoms with Crippen molar-refractivity contribution in [2.45, 2.75) is 38.0 Å². The Labute approximate surface area is 532 Å². The molecule has 6 nitrogen and oxygen atoms in total. The highest BCUT2D eigenvalue weighted by Gasteiger charge is 2.42. The van der Waals surface area contributed by atoms with Gasteiger partial charge in [0, 0.05) is 65.6 Å². The molecule has 17 aromatic rings. The van der Waals surface area contributed by atoms with Crippen LogP contribution in [0.4, 0.5) is 0 Å². The van der Waals surface area contributed by atoms with Crippen LogP contribution in [0.15, 0.2) is 285 Å². The first-order valence-corrected chi connectivity index (χ1v) is 31.8. The first-order chi connectivity index (χ1) is 45.4. The van der Waals surface area contributed by atoms with Gasteiger partial charge in [-0.2, -0.15) is 10.5 Å². The Bertz CT molecular complexity index is 5700. The van der Waals surface area contributed by atoms with Gasteiger partial charge < -0.3 is 18.3 Å². The fourth-order valence-electron chi connectivity index (χ4n) is 16.4. The molecule has 6 heteroatoms. The van der Waals surface area contributed by atoms with Crippen molar-refractivity contribution in [2.75, 3.05) is 0 Å². The maximum absolute atomic E-state index is 11.1. The van der Waals surface area contributed by atoms with Crippen LogP contribution < -0.4 is 0 Å². The summed E-state index contributed by atoms with van der Waals surface area (Å²) in [6.07, 6.45) is 1.73. The molecule has 18 rings (SSSR count). The number of fused-ring (bicyclic) bond motifs is 17. The van der Waals surface area contributed by atoms with Gasteiger partial charge in [0.15, 0.2) is 0 Å². The zero-order chi connectivity index (χ0) is 61.3. The second-order valence-corrected chi connectivity index (χ2v) is 25.3. The molecule has 1 aliphatic rings. The zero-order valence-corrected chi connectivity index (χ0v) is 50.8. The minimum Gasteiger partial charge on any atom is -0.309 e. The van der Waals surface area contributed by atoms with Gasteiger partial charge in [0.05, 0.1) is 78.8 Å². The van der Waals surface area contributed by atoms with E-state index in [-0.39, 0.29) is 5.92 Å². The van der Waals surface area contributed by atoms with Crippen molar-refractivity contribution < 1.29 is 0 Å². The Morgan fingerprint density at radius 1 is 0.359 bits per heavy atom. The number of nitrogens with zero attached hydrogens (tertiary/aromatic N) is 6. The summed E-state index contributed by atoms with van der Waals surface area (Å²) >= 11 is 0. The average molecular weight is 1180 g/mol. The predicted octanol–water partition coefficient (Wildman–Crippen LogP) is 21.8. The molecule has 0 N–H and O–H groups in total. The van der Waals surface area contributed by atoms with Crippen LogP contribution in [0.5, 0.6) is 0 Å². The quantitative estimate of drug-likeness (QED) is 0.152. The number of rotatable bonds is 8. The van der Waals surface area contributed by atoms with Crippen molar-refractivity contribution in [3.8, 4) is 68.3 Å². The van der Waals surface area contributed by atoms with Gasteiger partial charge in [-0.3, -0.25) is 0 Å². The van der Waals surface area contributed by atoms with Crippen LogP contribution in [-0.2, 0) is 11.8 Å². The fraction of sp³-hybridized carbons (Fsp3) is 0.0698. The SMILES string of the molecule is CC(C)(c1c(-c2cccc(C#N)c2)c(-n2c3ccccc3c3ccc4c(c5ccccc5n4-c4ccccc4)c32)cc(-n2c3ccccc3c3ccc4c(c5ccccc5n4-c4ccccc4)c32)c1-c1cccc(C#N)c1)C1CCc2ccccc2-c2ccccc21. The van der Waals surface area contributed by atoms with E-state index >= 15 is 0 Å². The Hall–Kier alpha value is -12.0.